The second-order valence-corrected chi connectivity index (χ2v) is 8.16. The van der Waals surface area contributed by atoms with Crippen LogP contribution in [-0.2, 0) is 9.84 Å². The summed E-state index contributed by atoms with van der Waals surface area (Å²) in [6.07, 6.45) is 0. The summed E-state index contributed by atoms with van der Waals surface area (Å²) < 4.78 is 23.0. The van der Waals surface area contributed by atoms with Crippen molar-refractivity contribution >= 4 is 9.84 Å². The molecule has 0 spiro atoms. The summed E-state index contributed by atoms with van der Waals surface area (Å²) in [5.74, 6) is 0.829. The van der Waals surface area contributed by atoms with Gasteiger partial charge >= 0.3 is 0 Å². The van der Waals surface area contributed by atoms with E-state index in [4.69, 9.17) is 5.73 Å². The van der Waals surface area contributed by atoms with Gasteiger partial charge in [0, 0.05) is 19.6 Å². The maximum atomic E-state index is 11.8. The number of sulfone groups is 1. The SMILES string of the molecule is CC(C)(C)S(=O)(=O)CCN1CC(CN)C1. The van der Waals surface area contributed by atoms with Gasteiger partial charge in [0.05, 0.1) is 10.5 Å². The molecule has 1 saturated heterocycles. The lowest BCUT2D eigenvalue weighted by atomic mass is 10.0. The van der Waals surface area contributed by atoms with E-state index in [9.17, 15) is 8.42 Å². The molecule has 0 bridgehead atoms. The van der Waals surface area contributed by atoms with Crippen LogP contribution in [0.1, 0.15) is 20.8 Å². The van der Waals surface area contributed by atoms with Crippen molar-refractivity contribution in [3.63, 3.8) is 0 Å². The molecule has 1 rings (SSSR count). The Morgan fingerprint density at radius 3 is 2.27 bits per heavy atom. The van der Waals surface area contributed by atoms with Gasteiger partial charge in [-0.25, -0.2) is 8.42 Å². The van der Waals surface area contributed by atoms with Crippen LogP contribution in [0.3, 0.4) is 0 Å². The van der Waals surface area contributed by atoms with E-state index in [1.807, 2.05) is 0 Å². The van der Waals surface area contributed by atoms with Crippen LogP contribution in [-0.4, -0.2) is 50.0 Å². The molecule has 0 unspecified atom stereocenters. The Balaban J connectivity index is 2.33. The van der Waals surface area contributed by atoms with Crippen LogP contribution >= 0.6 is 0 Å². The second kappa shape index (κ2) is 4.39. The molecule has 0 aliphatic carbocycles. The van der Waals surface area contributed by atoms with Crippen molar-refractivity contribution < 1.29 is 8.42 Å². The minimum Gasteiger partial charge on any atom is -0.330 e. The lowest BCUT2D eigenvalue weighted by Gasteiger charge is -2.38. The maximum Gasteiger partial charge on any atom is 0.156 e. The van der Waals surface area contributed by atoms with E-state index in [-0.39, 0.29) is 5.75 Å². The molecule has 90 valence electrons. The summed E-state index contributed by atoms with van der Waals surface area (Å²) >= 11 is 0. The Hall–Kier alpha value is -0.130. The molecule has 2 N–H and O–H groups in total. The van der Waals surface area contributed by atoms with Gasteiger partial charge in [-0.2, -0.15) is 0 Å². The largest absolute Gasteiger partial charge is 0.330 e. The molecule has 5 heteroatoms. The van der Waals surface area contributed by atoms with Crippen molar-refractivity contribution in [1.82, 2.24) is 4.90 Å². The van der Waals surface area contributed by atoms with Crippen molar-refractivity contribution in [1.29, 1.82) is 0 Å². The highest BCUT2D eigenvalue weighted by Crippen LogP contribution is 2.18. The second-order valence-electron chi connectivity index (χ2n) is 5.29. The minimum absolute atomic E-state index is 0.258. The zero-order valence-corrected chi connectivity index (χ0v) is 10.7. The van der Waals surface area contributed by atoms with Crippen LogP contribution in [0, 0.1) is 5.92 Å². The number of rotatable bonds is 4. The number of nitrogens with two attached hydrogens (primary N) is 1. The molecular formula is C10H22N2O2S. The highest BCUT2D eigenvalue weighted by atomic mass is 32.2. The third-order valence-corrected chi connectivity index (χ3v) is 5.56. The normalized spacial score (nSPS) is 20.3. The summed E-state index contributed by atoms with van der Waals surface area (Å²) in [5, 5.41) is 0. The summed E-state index contributed by atoms with van der Waals surface area (Å²) in [5.41, 5.74) is 5.50. The summed E-state index contributed by atoms with van der Waals surface area (Å²) in [6.45, 7) is 8.52. The van der Waals surface area contributed by atoms with Crippen LogP contribution < -0.4 is 5.73 Å². The smallest absolute Gasteiger partial charge is 0.156 e. The summed E-state index contributed by atoms with van der Waals surface area (Å²) in [6, 6.07) is 0. The van der Waals surface area contributed by atoms with Crippen LogP contribution in [0.5, 0.6) is 0 Å². The first-order valence-electron chi connectivity index (χ1n) is 5.41. The zero-order valence-electron chi connectivity index (χ0n) is 9.86. The average Bonchev–Trinajstić information content (AvgIpc) is 1.99. The lowest BCUT2D eigenvalue weighted by Crippen LogP contribution is -2.51. The number of hydrogen-bond acceptors (Lipinski definition) is 4. The molecule has 0 amide bonds. The summed E-state index contributed by atoms with van der Waals surface area (Å²) in [4.78, 5) is 2.15. The number of hydrogen-bond donors (Lipinski definition) is 1. The van der Waals surface area contributed by atoms with Crippen molar-refractivity contribution in [2.75, 3.05) is 31.9 Å². The molecule has 0 aromatic rings. The number of likely N-dealkylation sites (tertiary alicyclic amines) is 1. The Morgan fingerprint density at radius 1 is 1.33 bits per heavy atom. The van der Waals surface area contributed by atoms with E-state index in [0.717, 1.165) is 13.1 Å². The molecule has 4 nitrogen and oxygen atoms in total. The third-order valence-electron chi connectivity index (χ3n) is 2.98. The molecule has 0 radical (unpaired) electrons. The molecule has 0 saturated carbocycles. The molecule has 0 atom stereocenters. The van der Waals surface area contributed by atoms with Gasteiger partial charge in [0.2, 0.25) is 0 Å². The molecule has 1 aliphatic rings. The van der Waals surface area contributed by atoms with Gasteiger partial charge in [-0.15, -0.1) is 0 Å². The highest BCUT2D eigenvalue weighted by Gasteiger charge is 2.31. The van der Waals surface area contributed by atoms with E-state index in [2.05, 4.69) is 4.90 Å². The van der Waals surface area contributed by atoms with Gasteiger partial charge in [0.1, 0.15) is 0 Å². The van der Waals surface area contributed by atoms with Crippen molar-refractivity contribution in [3.8, 4) is 0 Å². The van der Waals surface area contributed by atoms with Crippen LogP contribution in [0.15, 0.2) is 0 Å². The van der Waals surface area contributed by atoms with Gasteiger partial charge in [0.15, 0.2) is 9.84 Å². The standard InChI is InChI=1S/C10H22N2O2S/c1-10(2,3)15(13,14)5-4-12-7-9(6-11)8-12/h9H,4-8,11H2,1-3H3. The van der Waals surface area contributed by atoms with Gasteiger partial charge in [0.25, 0.3) is 0 Å². The predicted molar refractivity (Wildman–Crippen MR) is 62.5 cm³/mol. The van der Waals surface area contributed by atoms with E-state index in [1.165, 1.54) is 0 Å². The van der Waals surface area contributed by atoms with E-state index < -0.39 is 14.6 Å². The van der Waals surface area contributed by atoms with E-state index in [0.29, 0.717) is 19.0 Å². The monoisotopic (exact) mass is 234 g/mol. The Bertz CT molecular complexity index is 300. The van der Waals surface area contributed by atoms with Gasteiger partial charge < -0.3 is 10.6 Å². The fourth-order valence-corrected chi connectivity index (χ4v) is 2.67. The maximum absolute atomic E-state index is 11.8. The van der Waals surface area contributed by atoms with Gasteiger partial charge in [-0.1, -0.05) is 0 Å². The average molecular weight is 234 g/mol. The van der Waals surface area contributed by atoms with E-state index in [1.54, 1.807) is 20.8 Å². The Morgan fingerprint density at radius 2 is 1.87 bits per heavy atom. The van der Waals surface area contributed by atoms with Gasteiger partial charge in [-0.05, 0) is 33.2 Å². The molecule has 0 aromatic carbocycles. The van der Waals surface area contributed by atoms with Crippen LogP contribution in [0.2, 0.25) is 0 Å². The first-order chi connectivity index (χ1) is 6.76. The highest BCUT2D eigenvalue weighted by molar-refractivity contribution is 7.92. The fraction of sp³-hybridized carbons (Fsp3) is 1.00. The van der Waals surface area contributed by atoms with Crippen molar-refractivity contribution in [2.45, 2.75) is 25.5 Å². The van der Waals surface area contributed by atoms with Crippen molar-refractivity contribution in [2.24, 2.45) is 11.7 Å². The lowest BCUT2D eigenvalue weighted by molar-refractivity contribution is 0.114. The first-order valence-corrected chi connectivity index (χ1v) is 7.06. The molecule has 15 heavy (non-hydrogen) atoms. The topological polar surface area (TPSA) is 63.4 Å². The molecule has 0 aromatic heterocycles. The minimum atomic E-state index is -2.97. The Kier molecular flexibility index (Phi) is 3.79. The predicted octanol–water partition coefficient (Wildman–Crippen LogP) is 0.0902. The fourth-order valence-electron chi connectivity index (χ4n) is 1.56. The zero-order chi connectivity index (χ0) is 11.7. The molecular weight excluding hydrogens is 212 g/mol. The van der Waals surface area contributed by atoms with E-state index >= 15 is 0 Å². The molecule has 1 heterocycles. The van der Waals surface area contributed by atoms with Crippen LogP contribution in [0.4, 0.5) is 0 Å². The Labute approximate surface area is 92.7 Å². The van der Waals surface area contributed by atoms with Crippen molar-refractivity contribution in [3.05, 3.63) is 0 Å². The molecule has 1 fully saturated rings. The van der Waals surface area contributed by atoms with Crippen LogP contribution in [0.25, 0.3) is 0 Å². The quantitative estimate of drug-likeness (QED) is 0.749. The summed E-state index contributed by atoms with van der Waals surface area (Å²) in [7, 11) is -2.97. The molecule has 1 aliphatic heterocycles. The first kappa shape index (κ1) is 12.9. The number of nitrogens with zero attached hydrogens (tertiary/aromatic N) is 1. The third kappa shape index (κ3) is 3.16. The van der Waals surface area contributed by atoms with Gasteiger partial charge in [-0.3, -0.25) is 0 Å².